The van der Waals surface area contributed by atoms with Crippen molar-refractivity contribution in [2.75, 3.05) is 32.1 Å². The minimum absolute atomic E-state index is 0.509. The van der Waals surface area contributed by atoms with Gasteiger partial charge in [-0.15, -0.1) is 11.6 Å². The van der Waals surface area contributed by atoms with Crippen LogP contribution in [0, 0.1) is 0 Å². The first-order chi connectivity index (χ1) is 10.2. The summed E-state index contributed by atoms with van der Waals surface area (Å²) in [6, 6.07) is 9.03. The highest BCUT2D eigenvalue weighted by atomic mass is 35.5. The van der Waals surface area contributed by atoms with Crippen LogP contribution in [0.2, 0.25) is 0 Å². The van der Waals surface area contributed by atoms with Crippen molar-refractivity contribution in [3.8, 4) is 0 Å². The smallest absolute Gasteiger partial charge is 0.136 e. The summed E-state index contributed by atoms with van der Waals surface area (Å²) in [5, 5.41) is 2.45. The summed E-state index contributed by atoms with van der Waals surface area (Å²) in [5.74, 6) is 1.62. The number of alkyl halides is 1. The summed E-state index contributed by atoms with van der Waals surface area (Å²) in [7, 11) is 4.28. The summed E-state index contributed by atoms with van der Waals surface area (Å²) >= 11 is 6.06. The first-order valence-electron chi connectivity index (χ1n) is 7.54. The van der Waals surface area contributed by atoms with Crippen molar-refractivity contribution in [3.63, 3.8) is 0 Å². The molecule has 112 valence electrons. The van der Waals surface area contributed by atoms with Gasteiger partial charge >= 0.3 is 0 Å². The van der Waals surface area contributed by atoms with Gasteiger partial charge in [-0.2, -0.15) is 0 Å². The fourth-order valence-electron chi connectivity index (χ4n) is 3.30. The Hall–Kier alpha value is -1.32. The zero-order chi connectivity index (χ0) is 14.8. The maximum absolute atomic E-state index is 6.06. The maximum Gasteiger partial charge on any atom is 0.136 e. The molecule has 1 unspecified atom stereocenters. The Morgan fingerprint density at radius 3 is 2.76 bits per heavy atom. The topological polar surface area (TPSA) is 19.4 Å². The molecule has 2 heterocycles. The van der Waals surface area contributed by atoms with Gasteiger partial charge < -0.3 is 9.80 Å². The van der Waals surface area contributed by atoms with Crippen molar-refractivity contribution in [3.05, 3.63) is 36.0 Å². The molecule has 1 saturated heterocycles. The zero-order valence-electron chi connectivity index (χ0n) is 12.7. The lowest BCUT2D eigenvalue weighted by atomic mass is 10.1. The number of halogens is 1. The van der Waals surface area contributed by atoms with E-state index in [1.54, 1.807) is 0 Å². The van der Waals surface area contributed by atoms with Crippen LogP contribution >= 0.6 is 11.6 Å². The molecule has 0 spiro atoms. The molecule has 1 aromatic heterocycles. The van der Waals surface area contributed by atoms with E-state index in [0.29, 0.717) is 11.9 Å². The van der Waals surface area contributed by atoms with Gasteiger partial charge in [-0.3, -0.25) is 0 Å². The van der Waals surface area contributed by atoms with Gasteiger partial charge in [0.1, 0.15) is 5.82 Å². The molecular weight excluding hydrogens is 282 g/mol. The van der Waals surface area contributed by atoms with E-state index in [9.17, 15) is 0 Å². The van der Waals surface area contributed by atoms with Crippen molar-refractivity contribution in [2.24, 2.45) is 0 Å². The Morgan fingerprint density at radius 1 is 1.29 bits per heavy atom. The molecule has 0 saturated carbocycles. The van der Waals surface area contributed by atoms with E-state index in [4.69, 9.17) is 16.6 Å². The molecule has 1 atom stereocenters. The molecule has 4 heteroatoms. The number of benzene rings is 1. The molecule has 0 bridgehead atoms. The lowest BCUT2D eigenvalue weighted by Crippen LogP contribution is -2.38. The van der Waals surface area contributed by atoms with Crippen molar-refractivity contribution in [1.29, 1.82) is 0 Å². The summed E-state index contributed by atoms with van der Waals surface area (Å²) in [5.41, 5.74) is 1.11. The minimum atomic E-state index is 0.509. The first kappa shape index (κ1) is 14.6. The highest BCUT2D eigenvalue weighted by molar-refractivity contribution is 6.18. The average molecular weight is 304 g/mol. The molecule has 1 aliphatic rings. The SMILES string of the molecule is CN(C)CC1CCCN1c1ncc(CCl)c2ccccc12. The van der Waals surface area contributed by atoms with Crippen molar-refractivity contribution >= 4 is 28.2 Å². The molecular formula is C17H22ClN3. The van der Waals surface area contributed by atoms with Crippen LogP contribution in [-0.4, -0.2) is 43.1 Å². The molecule has 1 aliphatic heterocycles. The molecule has 3 rings (SSSR count). The second-order valence-corrected chi connectivity index (χ2v) is 6.31. The maximum atomic E-state index is 6.06. The first-order valence-corrected chi connectivity index (χ1v) is 8.08. The number of hydrogen-bond donors (Lipinski definition) is 0. The lowest BCUT2D eigenvalue weighted by molar-refractivity contribution is 0.372. The Labute approximate surface area is 131 Å². The Balaban J connectivity index is 2.04. The number of anilines is 1. The third-order valence-corrected chi connectivity index (χ3v) is 4.51. The number of rotatable bonds is 4. The van der Waals surface area contributed by atoms with Crippen LogP contribution in [0.5, 0.6) is 0 Å². The fourth-order valence-corrected chi connectivity index (χ4v) is 3.51. The van der Waals surface area contributed by atoms with Crippen LogP contribution in [0.1, 0.15) is 18.4 Å². The summed E-state index contributed by atoms with van der Waals surface area (Å²) < 4.78 is 0. The van der Waals surface area contributed by atoms with E-state index in [0.717, 1.165) is 24.5 Å². The zero-order valence-corrected chi connectivity index (χ0v) is 13.5. The lowest BCUT2D eigenvalue weighted by Gasteiger charge is -2.29. The largest absolute Gasteiger partial charge is 0.352 e. The van der Waals surface area contributed by atoms with E-state index in [-0.39, 0.29) is 0 Å². The molecule has 3 nitrogen and oxygen atoms in total. The highest BCUT2D eigenvalue weighted by Gasteiger charge is 2.27. The van der Waals surface area contributed by atoms with E-state index in [1.807, 2.05) is 6.20 Å². The van der Waals surface area contributed by atoms with Gasteiger partial charge in [0.05, 0.1) is 0 Å². The van der Waals surface area contributed by atoms with Gasteiger partial charge in [0.2, 0.25) is 0 Å². The van der Waals surface area contributed by atoms with Crippen molar-refractivity contribution < 1.29 is 0 Å². The summed E-state index contributed by atoms with van der Waals surface area (Å²) in [4.78, 5) is 9.47. The monoisotopic (exact) mass is 303 g/mol. The Bertz CT molecular complexity index is 626. The Morgan fingerprint density at radius 2 is 2.05 bits per heavy atom. The normalized spacial score (nSPS) is 18.9. The second-order valence-electron chi connectivity index (χ2n) is 6.04. The molecule has 1 fully saturated rings. The molecule has 0 N–H and O–H groups in total. The van der Waals surface area contributed by atoms with E-state index >= 15 is 0 Å². The molecule has 0 amide bonds. The van der Waals surface area contributed by atoms with Crippen molar-refractivity contribution in [2.45, 2.75) is 24.8 Å². The molecule has 2 aromatic rings. The molecule has 1 aromatic carbocycles. The Kier molecular flexibility index (Phi) is 4.32. The van der Waals surface area contributed by atoms with Crippen LogP contribution in [0.3, 0.4) is 0 Å². The fraction of sp³-hybridized carbons (Fsp3) is 0.471. The predicted octanol–water partition coefficient (Wildman–Crippen LogP) is 3.50. The van der Waals surface area contributed by atoms with Gasteiger partial charge in [0.25, 0.3) is 0 Å². The quantitative estimate of drug-likeness (QED) is 0.806. The van der Waals surface area contributed by atoms with Gasteiger partial charge in [-0.1, -0.05) is 24.3 Å². The van der Waals surface area contributed by atoms with Crippen LogP contribution in [-0.2, 0) is 5.88 Å². The van der Waals surface area contributed by atoms with Gasteiger partial charge in [0, 0.05) is 36.6 Å². The van der Waals surface area contributed by atoms with Crippen LogP contribution in [0.25, 0.3) is 10.8 Å². The van der Waals surface area contributed by atoms with Gasteiger partial charge in [-0.25, -0.2) is 4.98 Å². The number of nitrogens with zero attached hydrogens (tertiary/aromatic N) is 3. The van der Waals surface area contributed by atoms with Gasteiger partial charge in [0.15, 0.2) is 0 Å². The number of hydrogen-bond acceptors (Lipinski definition) is 3. The predicted molar refractivity (Wildman–Crippen MR) is 90.2 cm³/mol. The summed E-state index contributed by atoms with van der Waals surface area (Å²) in [6.07, 6.45) is 4.42. The summed E-state index contributed by atoms with van der Waals surface area (Å²) in [6.45, 7) is 2.17. The number of fused-ring (bicyclic) bond motifs is 1. The number of aromatic nitrogens is 1. The van der Waals surface area contributed by atoms with Crippen LogP contribution in [0.4, 0.5) is 5.82 Å². The molecule has 0 aliphatic carbocycles. The average Bonchev–Trinajstić information content (AvgIpc) is 2.93. The van der Waals surface area contributed by atoms with Crippen molar-refractivity contribution in [1.82, 2.24) is 9.88 Å². The van der Waals surface area contributed by atoms with Crippen LogP contribution in [0.15, 0.2) is 30.5 Å². The highest BCUT2D eigenvalue weighted by Crippen LogP contribution is 2.32. The minimum Gasteiger partial charge on any atom is -0.352 e. The van der Waals surface area contributed by atoms with Gasteiger partial charge in [-0.05, 0) is 37.9 Å². The van der Waals surface area contributed by atoms with E-state index in [2.05, 4.69) is 48.2 Å². The van der Waals surface area contributed by atoms with E-state index < -0.39 is 0 Å². The number of likely N-dealkylation sites (N-methyl/N-ethyl adjacent to an activating group) is 1. The third-order valence-electron chi connectivity index (χ3n) is 4.23. The second kappa shape index (κ2) is 6.20. The van der Waals surface area contributed by atoms with Crippen LogP contribution < -0.4 is 4.90 Å². The standard InChI is InChI=1S/C17H22ClN3/c1-20(2)12-14-6-5-9-21(14)17-16-8-4-3-7-15(16)13(10-18)11-19-17/h3-4,7-8,11,14H,5-6,9-10,12H2,1-2H3. The van der Waals surface area contributed by atoms with E-state index in [1.165, 1.54) is 23.6 Å². The molecule has 21 heavy (non-hydrogen) atoms. The molecule has 0 radical (unpaired) electrons. The third kappa shape index (κ3) is 2.85. The number of pyridine rings is 1.